The second-order valence-electron chi connectivity index (χ2n) is 8.84. The lowest BCUT2D eigenvalue weighted by molar-refractivity contribution is -0.115. The van der Waals surface area contributed by atoms with Gasteiger partial charge in [-0.2, -0.15) is 0 Å². The maximum absolute atomic E-state index is 11.9. The van der Waals surface area contributed by atoms with Gasteiger partial charge in [0.05, 0.1) is 0 Å². The number of fused-ring (bicyclic) bond motifs is 6. The maximum atomic E-state index is 11.9. The maximum Gasteiger partial charge on any atom is 0.509 e. The molecule has 132 valence electrons. The number of cyclic esters (lactones) is 1. The first-order valence-electron chi connectivity index (χ1n) is 9.38. The molecule has 5 rings (SSSR count). The predicted molar refractivity (Wildman–Crippen MR) is 91.8 cm³/mol. The minimum atomic E-state index is -0.515. The van der Waals surface area contributed by atoms with Gasteiger partial charge >= 0.3 is 6.16 Å². The highest BCUT2D eigenvalue weighted by Crippen LogP contribution is 2.65. The van der Waals surface area contributed by atoms with Crippen LogP contribution in [0.15, 0.2) is 35.5 Å². The summed E-state index contributed by atoms with van der Waals surface area (Å²) in [6, 6.07) is 0. The molecule has 0 aromatic carbocycles. The molecule has 1 aliphatic heterocycles. The molecular weight excluding hydrogens is 316 g/mol. The Balaban J connectivity index is 1.58. The number of hydrogen-bond acceptors (Lipinski definition) is 4. The van der Waals surface area contributed by atoms with E-state index < -0.39 is 11.8 Å². The third kappa shape index (κ3) is 1.78. The van der Waals surface area contributed by atoms with E-state index in [1.54, 1.807) is 0 Å². The molecule has 0 bridgehead atoms. The van der Waals surface area contributed by atoms with Gasteiger partial charge in [-0.25, -0.2) is 4.79 Å². The van der Waals surface area contributed by atoms with E-state index in [1.165, 1.54) is 5.57 Å². The first-order chi connectivity index (χ1) is 11.9. The van der Waals surface area contributed by atoms with E-state index in [1.807, 2.05) is 6.08 Å². The molecule has 4 aliphatic carbocycles. The van der Waals surface area contributed by atoms with Crippen molar-refractivity contribution in [3.8, 4) is 0 Å². The second kappa shape index (κ2) is 4.66. The van der Waals surface area contributed by atoms with Crippen LogP contribution in [0.1, 0.15) is 46.0 Å². The highest BCUT2D eigenvalue weighted by Gasteiger charge is 2.66. The van der Waals surface area contributed by atoms with E-state index in [4.69, 9.17) is 9.47 Å². The molecule has 0 aromatic heterocycles. The van der Waals surface area contributed by atoms with Crippen molar-refractivity contribution in [1.82, 2.24) is 0 Å². The van der Waals surface area contributed by atoms with Gasteiger partial charge in [0.15, 0.2) is 11.4 Å². The van der Waals surface area contributed by atoms with Crippen molar-refractivity contribution >= 4 is 11.9 Å². The number of rotatable bonds is 0. The minimum Gasteiger partial charge on any atom is -0.430 e. The molecule has 5 atom stereocenters. The lowest BCUT2D eigenvalue weighted by atomic mass is 9.52. The molecule has 0 amide bonds. The highest BCUT2D eigenvalue weighted by molar-refractivity contribution is 5.92. The molecule has 1 saturated carbocycles. The van der Waals surface area contributed by atoms with E-state index in [-0.39, 0.29) is 16.6 Å². The quantitative estimate of drug-likeness (QED) is 0.492. The molecule has 1 saturated heterocycles. The highest BCUT2D eigenvalue weighted by atomic mass is 16.8. The Kier molecular flexibility index (Phi) is 2.87. The van der Waals surface area contributed by atoms with Crippen molar-refractivity contribution < 1.29 is 19.1 Å². The van der Waals surface area contributed by atoms with Crippen molar-refractivity contribution in [2.24, 2.45) is 22.7 Å². The third-order valence-electron chi connectivity index (χ3n) is 7.90. The lowest BCUT2D eigenvalue weighted by Gasteiger charge is -2.52. The first-order valence-corrected chi connectivity index (χ1v) is 9.38. The van der Waals surface area contributed by atoms with Crippen LogP contribution < -0.4 is 0 Å². The van der Waals surface area contributed by atoms with Gasteiger partial charge < -0.3 is 9.47 Å². The van der Waals surface area contributed by atoms with Crippen LogP contribution in [0.4, 0.5) is 4.79 Å². The van der Waals surface area contributed by atoms with Crippen molar-refractivity contribution in [1.29, 1.82) is 0 Å². The number of allylic oxidation sites excluding steroid dienone is 6. The van der Waals surface area contributed by atoms with E-state index in [0.29, 0.717) is 24.9 Å². The Bertz CT molecular complexity index is 775. The van der Waals surface area contributed by atoms with Crippen molar-refractivity contribution in [3.05, 3.63) is 35.5 Å². The van der Waals surface area contributed by atoms with Gasteiger partial charge in [-0.15, -0.1) is 0 Å². The van der Waals surface area contributed by atoms with E-state index in [9.17, 15) is 9.59 Å². The molecule has 4 nitrogen and oxygen atoms in total. The van der Waals surface area contributed by atoms with Crippen LogP contribution in [0.2, 0.25) is 0 Å². The molecular formula is C21H24O4. The minimum absolute atomic E-state index is 0.0206. The number of ether oxygens (including phenoxy) is 2. The molecule has 1 heterocycles. The SMILES string of the molecule is C[C@]12CCC(=O)C=C1C=CC1C2=CC[C@@]2(C)C1CC[C@@]21COC(=O)O1. The van der Waals surface area contributed by atoms with Gasteiger partial charge in [-0.05, 0) is 43.3 Å². The molecule has 25 heavy (non-hydrogen) atoms. The van der Waals surface area contributed by atoms with E-state index >= 15 is 0 Å². The summed E-state index contributed by atoms with van der Waals surface area (Å²) < 4.78 is 10.9. The van der Waals surface area contributed by atoms with E-state index in [2.05, 4.69) is 32.1 Å². The zero-order chi connectivity index (χ0) is 17.4. The summed E-state index contributed by atoms with van der Waals surface area (Å²) in [7, 11) is 0. The molecule has 2 fully saturated rings. The van der Waals surface area contributed by atoms with Crippen LogP contribution in [-0.2, 0) is 14.3 Å². The summed E-state index contributed by atoms with van der Waals surface area (Å²) in [6.45, 7) is 4.95. The van der Waals surface area contributed by atoms with Crippen molar-refractivity contribution in [2.45, 2.75) is 51.6 Å². The first kappa shape index (κ1) is 15.4. The summed E-state index contributed by atoms with van der Waals surface area (Å²) >= 11 is 0. The van der Waals surface area contributed by atoms with Crippen LogP contribution in [0.5, 0.6) is 0 Å². The summed E-state index contributed by atoms with van der Waals surface area (Å²) in [5.74, 6) is 1.06. The second-order valence-corrected chi connectivity index (χ2v) is 8.84. The van der Waals surface area contributed by atoms with Gasteiger partial charge in [0, 0.05) is 23.2 Å². The number of carbonyl (C=O) groups excluding carboxylic acids is 2. The third-order valence-corrected chi connectivity index (χ3v) is 7.90. The normalized spacial score (nSPS) is 47.4. The van der Waals surface area contributed by atoms with Gasteiger partial charge in [0.2, 0.25) is 0 Å². The largest absolute Gasteiger partial charge is 0.509 e. The van der Waals surface area contributed by atoms with Crippen molar-refractivity contribution in [3.63, 3.8) is 0 Å². The molecule has 1 spiro atoms. The topological polar surface area (TPSA) is 52.6 Å². The standard InChI is InChI=1S/C21H24O4/c1-19-8-5-14(22)11-13(19)3-4-15-16(19)6-9-20(2)17(15)7-10-21(20)12-24-18(23)25-21/h3-4,6,11,15,17H,5,7-10,12H2,1-2H3/t15?,17?,19-,20-,21+/m0/s1. The summed E-state index contributed by atoms with van der Waals surface area (Å²) in [4.78, 5) is 23.5. The fourth-order valence-electron chi connectivity index (χ4n) is 6.22. The zero-order valence-corrected chi connectivity index (χ0v) is 14.8. The van der Waals surface area contributed by atoms with Crippen LogP contribution in [0.25, 0.3) is 0 Å². The fraction of sp³-hybridized carbons (Fsp3) is 0.619. The zero-order valence-electron chi connectivity index (χ0n) is 14.8. The molecule has 0 radical (unpaired) electrons. The Morgan fingerprint density at radius 1 is 1.20 bits per heavy atom. The monoisotopic (exact) mass is 340 g/mol. The summed E-state index contributed by atoms with van der Waals surface area (Å²) in [5, 5.41) is 0. The fourth-order valence-corrected chi connectivity index (χ4v) is 6.22. The molecule has 0 aromatic rings. The van der Waals surface area contributed by atoms with Crippen LogP contribution in [0.3, 0.4) is 0 Å². The predicted octanol–water partition coefficient (Wildman–Crippen LogP) is 4.12. The molecule has 0 N–H and O–H groups in total. The number of hydrogen-bond donors (Lipinski definition) is 0. The molecule has 5 aliphatic rings. The Morgan fingerprint density at radius 3 is 2.80 bits per heavy atom. The van der Waals surface area contributed by atoms with Gasteiger partial charge in [0.1, 0.15) is 6.61 Å². The van der Waals surface area contributed by atoms with Gasteiger partial charge in [0.25, 0.3) is 0 Å². The summed E-state index contributed by atoms with van der Waals surface area (Å²) in [5.41, 5.74) is 2.06. The number of carbonyl (C=O) groups is 2. The Morgan fingerprint density at radius 2 is 2.04 bits per heavy atom. The van der Waals surface area contributed by atoms with Gasteiger partial charge in [-0.3, -0.25) is 4.79 Å². The summed E-state index contributed by atoms with van der Waals surface area (Å²) in [6.07, 6.45) is 12.5. The molecule has 2 unspecified atom stereocenters. The van der Waals surface area contributed by atoms with Crippen LogP contribution in [-0.4, -0.2) is 24.1 Å². The van der Waals surface area contributed by atoms with Crippen LogP contribution >= 0.6 is 0 Å². The Labute approximate surface area is 147 Å². The average Bonchev–Trinajstić information content (AvgIpc) is 3.10. The Hall–Kier alpha value is -1.84. The molecule has 4 heteroatoms. The lowest BCUT2D eigenvalue weighted by Crippen LogP contribution is -2.51. The van der Waals surface area contributed by atoms with Gasteiger partial charge in [-0.1, -0.05) is 37.6 Å². The smallest absolute Gasteiger partial charge is 0.430 e. The number of ketones is 1. The van der Waals surface area contributed by atoms with Crippen molar-refractivity contribution in [2.75, 3.05) is 6.61 Å². The van der Waals surface area contributed by atoms with E-state index in [0.717, 1.165) is 31.3 Å². The van der Waals surface area contributed by atoms with Crippen LogP contribution in [0, 0.1) is 22.7 Å². The average molecular weight is 340 g/mol.